The van der Waals surface area contributed by atoms with Gasteiger partial charge in [0.25, 0.3) is 0 Å². The van der Waals surface area contributed by atoms with Gasteiger partial charge >= 0.3 is 0 Å². The van der Waals surface area contributed by atoms with Crippen LogP contribution in [0.3, 0.4) is 0 Å². The van der Waals surface area contributed by atoms with Crippen molar-refractivity contribution < 1.29 is 0 Å². The summed E-state index contributed by atoms with van der Waals surface area (Å²) < 4.78 is 0.375. The van der Waals surface area contributed by atoms with Crippen molar-refractivity contribution in [2.45, 2.75) is 4.28 Å². The molecule has 0 heterocycles. The lowest BCUT2D eigenvalue weighted by molar-refractivity contribution is 1.52. The van der Waals surface area contributed by atoms with Gasteiger partial charge in [-0.1, -0.05) is 5.92 Å². The molecule has 3 heteroatoms. The minimum atomic E-state index is 0.375. The first-order valence-electron chi connectivity index (χ1n) is 2.00. The van der Waals surface area contributed by atoms with E-state index >= 15 is 0 Å². The summed E-state index contributed by atoms with van der Waals surface area (Å²) >= 11 is 0. The lowest BCUT2D eigenvalue weighted by atomic mass is 10.8. The number of hydrogen-bond acceptors (Lipinski definition) is 0. The monoisotopic (exact) mass is 129 g/mol. The van der Waals surface area contributed by atoms with E-state index in [1.165, 1.54) is 0 Å². The van der Waals surface area contributed by atoms with Crippen LogP contribution in [0.25, 0.3) is 0 Å². The summed E-state index contributed by atoms with van der Waals surface area (Å²) in [6.45, 7) is 0. The highest BCUT2D eigenvalue weighted by Gasteiger charge is 2.01. The fourth-order valence-electron chi connectivity index (χ4n) is 0. The van der Waals surface area contributed by atoms with E-state index in [0.717, 1.165) is 30.7 Å². The predicted octanol–water partition coefficient (Wildman–Crippen LogP) is -3.25. The van der Waals surface area contributed by atoms with Crippen molar-refractivity contribution in [2.24, 2.45) is 0 Å². The summed E-state index contributed by atoms with van der Waals surface area (Å²) in [4.78, 5) is 0. The highest BCUT2D eigenvalue weighted by Crippen LogP contribution is 2.01. The molecule has 1 radical (unpaired) electrons. The molecule has 0 aliphatic rings. The average molecular weight is 129 g/mol. The Balaban J connectivity index is 3.55. The highest BCUT2D eigenvalue weighted by atomic mass is 28.3. The minimum absolute atomic E-state index is 0.375. The molecule has 0 aromatic rings. The van der Waals surface area contributed by atoms with Gasteiger partial charge in [0.15, 0.2) is 0 Å². The van der Waals surface area contributed by atoms with E-state index in [1.54, 1.807) is 0 Å². The van der Waals surface area contributed by atoms with Crippen LogP contribution in [0.2, 0.25) is 4.28 Å². The van der Waals surface area contributed by atoms with Gasteiger partial charge in [0.2, 0.25) is 0 Å². The van der Waals surface area contributed by atoms with Gasteiger partial charge < -0.3 is 0 Å². The van der Waals surface area contributed by atoms with E-state index in [1.807, 2.05) is 0 Å². The van der Waals surface area contributed by atoms with Crippen molar-refractivity contribution in [3.8, 4) is 5.92 Å². The molecule has 0 aliphatic carbocycles. The molecule has 0 fully saturated rings. The van der Waals surface area contributed by atoms with Gasteiger partial charge in [0, 0.05) is 30.7 Å². The van der Waals surface area contributed by atoms with E-state index in [9.17, 15) is 0 Å². The molecule has 0 amide bonds. The van der Waals surface area contributed by atoms with Crippen molar-refractivity contribution in [1.29, 1.82) is 0 Å². The van der Waals surface area contributed by atoms with Crippen LogP contribution in [0, 0.1) is 12.3 Å². The molecule has 0 rings (SSSR count). The van der Waals surface area contributed by atoms with Gasteiger partial charge in [-0.25, -0.2) is 0 Å². The molecule has 0 atom stereocenters. The topological polar surface area (TPSA) is 0 Å². The Kier molecular flexibility index (Phi) is 1.84. The van der Waals surface area contributed by atoms with Crippen LogP contribution < -0.4 is 0 Å². The number of hydrogen-bond donors (Lipinski definition) is 0. The zero-order valence-corrected chi connectivity index (χ0v) is 10.5. The maximum atomic E-state index is 6.71. The maximum absolute atomic E-state index is 6.71. The first kappa shape index (κ1) is 6.21. The summed E-state index contributed by atoms with van der Waals surface area (Å²) in [5, 5.41) is 0. The predicted molar refractivity (Wildman–Crippen MR) is 39.6 cm³/mol. The zero-order chi connectivity index (χ0) is 5.21. The Hall–Kier alpha value is 0.211. The molecule has 0 aromatic carbocycles. The molecule has 33 valence electrons. The van der Waals surface area contributed by atoms with Crippen LogP contribution in [-0.2, 0) is 0 Å². The molecular weight excluding hydrogens is 120 g/mol. The van der Waals surface area contributed by atoms with E-state index in [4.69, 9.17) is 6.42 Å². The molecule has 0 nitrogen and oxygen atoms in total. The molecule has 0 unspecified atom stereocenters. The Morgan fingerprint density at radius 2 is 1.50 bits per heavy atom. The van der Waals surface area contributed by atoms with Crippen LogP contribution in [-0.4, -0.2) is 30.7 Å². The first-order chi connectivity index (χ1) is 2.56. The van der Waals surface area contributed by atoms with Gasteiger partial charge in [-0.2, -0.15) is 0 Å². The highest BCUT2D eigenvalue weighted by molar-refractivity contribution is 6.61. The van der Waals surface area contributed by atoms with E-state index in [0.29, 0.717) is 4.28 Å². The SMILES string of the molecule is [C]#CC([SiH3])([SiH3])[SiH3]. The standard InChI is InChI=1S/C3H9Si3/c1-2-3(4,5)6/h4-6H3. The molecule has 0 spiro atoms. The second-order valence-corrected chi connectivity index (χ2v) is 15.9. The molecule has 0 saturated heterocycles. The lowest BCUT2D eigenvalue weighted by Gasteiger charge is -2.03. The van der Waals surface area contributed by atoms with Crippen LogP contribution in [0.1, 0.15) is 0 Å². The molecule has 6 heavy (non-hydrogen) atoms. The Morgan fingerprint density at radius 3 is 1.50 bits per heavy atom. The Morgan fingerprint density at radius 1 is 1.33 bits per heavy atom. The van der Waals surface area contributed by atoms with E-state index < -0.39 is 0 Å². The third-order valence-electron chi connectivity index (χ3n) is 0.375. The number of rotatable bonds is 0. The second-order valence-electron chi connectivity index (χ2n) is 2.38. The van der Waals surface area contributed by atoms with Crippen LogP contribution in [0.5, 0.6) is 0 Å². The quantitative estimate of drug-likeness (QED) is 0.238. The largest absolute Gasteiger partial charge is 0.0945 e. The van der Waals surface area contributed by atoms with Gasteiger partial charge in [-0.05, 0) is 10.7 Å². The third kappa shape index (κ3) is 4.21. The zero-order valence-electron chi connectivity index (χ0n) is 4.50. The summed E-state index contributed by atoms with van der Waals surface area (Å²) in [5.41, 5.74) is 0. The summed E-state index contributed by atoms with van der Waals surface area (Å²) in [6, 6.07) is 0. The van der Waals surface area contributed by atoms with Crippen molar-refractivity contribution >= 4 is 30.7 Å². The van der Waals surface area contributed by atoms with Gasteiger partial charge in [-0.15, -0.1) is 0 Å². The maximum Gasteiger partial charge on any atom is 0.0164 e. The summed E-state index contributed by atoms with van der Waals surface area (Å²) in [5.74, 6) is 2.54. The van der Waals surface area contributed by atoms with Crippen molar-refractivity contribution in [1.82, 2.24) is 0 Å². The first-order valence-corrected chi connectivity index (χ1v) is 5.00. The summed E-state index contributed by atoms with van der Waals surface area (Å²) in [6.07, 6.45) is 6.71. The second kappa shape index (κ2) is 1.78. The fraction of sp³-hybridized carbons (Fsp3) is 0.333. The van der Waals surface area contributed by atoms with Crippen molar-refractivity contribution in [3.63, 3.8) is 0 Å². The molecular formula is C3H9Si3. The van der Waals surface area contributed by atoms with Crippen LogP contribution in [0.15, 0.2) is 0 Å². The fourth-order valence-corrected chi connectivity index (χ4v) is 0. The minimum Gasteiger partial charge on any atom is -0.0945 e. The van der Waals surface area contributed by atoms with E-state index in [-0.39, 0.29) is 0 Å². The van der Waals surface area contributed by atoms with Gasteiger partial charge in [0.05, 0.1) is 0 Å². The van der Waals surface area contributed by atoms with Crippen LogP contribution >= 0.6 is 0 Å². The molecule has 0 aromatic heterocycles. The Bertz CT molecular complexity index is 73.0. The van der Waals surface area contributed by atoms with Crippen molar-refractivity contribution in [3.05, 3.63) is 6.42 Å². The smallest absolute Gasteiger partial charge is 0.0164 e. The van der Waals surface area contributed by atoms with Crippen LogP contribution in [0.4, 0.5) is 0 Å². The van der Waals surface area contributed by atoms with Gasteiger partial charge in [0.1, 0.15) is 0 Å². The summed E-state index contributed by atoms with van der Waals surface area (Å²) in [7, 11) is 3.46. The Labute approximate surface area is 48.0 Å². The van der Waals surface area contributed by atoms with Gasteiger partial charge in [-0.3, -0.25) is 0 Å². The molecule has 0 N–H and O–H groups in total. The molecule has 0 aliphatic heterocycles. The van der Waals surface area contributed by atoms with E-state index in [2.05, 4.69) is 5.92 Å². The molecule has 0 bridgehead atoms. The average Bonchev–Trinajstić information content (AvgIpc) is 1.35. The normalized spacial score (nSPS) is 19.8. The molecule has 0 saturated carbocycles. The lowest BCUT2D eigenvalue weighted by Crippen LogP contribution is -2.07. The van der Waals surface area contributed by atoms with Crippen molar-refractivity contribution in [2.75, 3.05) is 0 Å². The third-order valence-corrected chi connectivity index (χ3v) is 1.12.